The van der Waals surface area contributed by atoms with Crippen molar-refractivity contribution in [1.29, 1.82) is 0 Å². The van der Waals surface area contributed by atoms with Gasteiger partial charge in [0.2, 0.25) is 0 Å². The topological polar surface area (TPSA) is 24.9 Å². The third-order valence-electron chi connectivity index (χ3n) is 4.42. The molecule has 2 aromatic rings. The molecule has 2 nitrogen and oxygen atoms in total. The van der Waals surface area contributed by atoms with E-state index in [1.54, 1.807) is 0 Å². The minimum Gasteiger partial charge on any atom is -0.304 e. The fraction of sp³-hybridized carbons (Fsp3) is 0.389. The summed E-state index contributed by atoms with van der Waals surface area (Å²) in [4.78, 5) is 4.47. The average molecular weight is 266 g/mol. The first-order valence-corrected chi connectivity index (χ1v) is 7.48. The lowest BCUT2D eigenvalue weighted by Crippen LogP contribution is -2.26. The van der Waals surface area contributed by atoms with Gasteiger partial charge in [0.15, 0.2) is 0 Å². The van der Waals surface area contributed by atoms with Crippen molar-refractivity contribution in [3.63, 3.8) is 0 Å². The smallest absolute Gasteiger partial charge is 0.0570 e. The van der Waals surface area contributed by atoms with Gasteiger partial charge in [0.05, 0.1) is 5.69 Å². The van der Waals surface area contributed by atoms with Crippen LogP contribution in [0.3, 0.4) is 0 Å². The molecule has 1 aliphatic rings. The van der Waals surface area contributed by atoms with Crippen molar-refractivity contribution in [3.8, 4) is 0 Å². The van der Waals surface area contributed by atoms with Crippen LogP contribution >= 0.6 is 0 Å². The van der Waals surface area contributed by atoms with E-state index in [9.17, 15) is 0 Å². The van der Waals surface area contributed by atoms with Crippen LogP contribution in [-0.2, 0) is 6.54 Å². The third kappa shape index (κ3) is 2.61. The minimum absolute atomic E-state index is 0.462. The van der Waals surface area contributed by atoms with Crippen molar-refractivity contribution >= 4 is 0 Å². The van der Waals surface area contributed by atoms with Gasteiger partial charge in [0, 0.05) is 18.8 Å². The molecular formula is C18H22N2. The summed E-state index contributed by atoms with van der Waals surface area (Å²) < 4.78 is 0. The van der Waals surface area contributed by atoms with Crippen LogP contribution in [0.5, 0.6) is 0 Å². The molecule has 0 fully saturated rings. The van der Waals surface area contributed by atoms with Crippen molar-refractivity contribution in [1.82, 2.24) is 10.3 Å². The SMILES string of the molecule is Cc1cccnc1CNC1CCC(C)c2ccccc21. The molecule has 2 unspecified atom stereocenters. The first kappa shape index (κ1) is 13.3. The molecule has 2 atom stereocenters. The van der Waals surface area contributed by atoms with Gasteiger partial charge in [-0.3, -0.25) is 4.98 Å². The first-order chi connectivity index (χ1) is 9.75. The Hall–Kier alpha value is -1.67. The van der Waals surface area contributed by atoms with E-state index in [1.807, 2.05) is 12.3 Å². The Morgan fingerprint density at radius 1 is 1.10 bits per heavy atom. The molecule has 2 heteroatoms. The summed E-state index contributed by atoms with van der Waals surface area (Å²) in [5, 5.41) is 3.69. The fourth-order valence-electron chi connectivity index (χ4n) is 3.14. The predicted molar refractivity (Wildman–Crippen MR) is 82.6 cm³/mol. The standard InChI is InChI=1S/C18H22N2/c1-13-9-10-17(16-8-4-3-7-15(13)16)20-12-18-14(2)6-5-11-19-18/h3-8,11,13,17,20H,9-10,12H2,1-2H3. The van der Waals surface area contributed by atoms with Crippen LogP contribution in [0.4, 0.5) is 0 Å². The highest BCUT2D eigenvalue weighted by molar-refractivity contribution is 5.35. The number of aromatic nitrogens is 1. The van der Waals surface area contributed by atoms with Gasteiger partial charge < -0.3 is 5.32 Å². The maximum absolute atomic E-state index is 4.47. The van der Waals surface area contributed by atoms with Crippen molar-refractivity contribution in [2.75, 3.05) is 0 Å². The molecule has 0 amide bonds. The van der Waals surface area contributed by atoms with Gasteiger partial charge >= 0.3 is 0 Å². The second-order valence-electron chi connectivity index (χ2n) is 5.81. The zero-order chi connectivity index (χ0) is 13.9. The third-order valence-corrected chi connectivity index (χ3v) is 4.42. The molecule has 0 radical (unpaired) electrons. The van der Waals surface area contributed by atoms with Crippen molar-refractivity contribution in [2.24, 2.45) is 0 Å². The largest absolute Gasteiger partial charge is 0.304 e. The Bertz CT molecular complexity index is 591. The van der Waals surface area contributed by atoms with Gasteiger partial charge in [-0.25, -0.2) is 0 Å². The number of pyridine rings is 1. The predicted octanol–water partition coefficient (Wildman–Crippen LogP) is 4.12. The van der Waals surface area contributed by atoms with Crippen molar-refractivity contribution < 1.29 is 0 Å². The molecule has 0 spiro atoms. The summed E-state index contributed by atoms with van der Waals surface area (Å²) in [5.74, 6) is 0.681. The molecule has 0 saturated heterocycles. The maximum Gasteiger partial charge on any atom is 0.0570 e. The van der Waals surface area contributed by atoms with Gasteiger partial charge in [0.25, 0.3) is 0 Å². The van der Waals surface area contributed by atoms with Crippen LogP contribution in [0.25, 0.3) is 0 Å². The number of hydrogen-bond acceptors (Lipinski definition) is 2. The van der Waals surface area contributed by atoms with E-state index >= 15 is 0 Å². The number of benzene rings is 1. The zero-order valence-corrected chi connectivity index (χ0v) is 12.3. The Morgan fingerprint density at radius 3 is 2.70 bits per heavy atom. The Balaban J connectivity index is 1.76. The summed E-state index contributed by atoms with van der Waals surface area (Å²) in [6, 6.07) is 13.4. The quantitative estimate of drug-likeness (QED) is 0.904. The summed E-state index contributed by atoms with van der Waals surface area (Å²) in [7, 11) is 0. The molecule has 3 rings (SSSR count). The highest BCUT2D eigenvalue weighted by atomic mass is 14.9. The molecule has 1 aliphatic carbocycles. The lowest BCUT2D eigenvalue weighted by Gasteiger charge is -2.30. The van der Waals surface area contributed by atoms with Crippen LogP contribution in [-0.4, -0.2) is 4.98 Å². The van der Waals surface area contributed by atoms with Crippen LogP contribution in [0.2, 0.25) is 0 Å². The van der Waals surface area contributed by atoms with Gasteiger partial charge in [-0.1, -0.05) is 37.3 Å². The normalized spacial score (nSPS) is 21.5. The molecule has 1 aromatic carbocycles. The van der Waals surface area contributed by atoms with E-state index in [-0.39, 0.29) is 0 Å². The summed E-state index contributed by atoms with van der Waals surface area (Å²) in [6.45, 7) is 5.30. The highest BCUT2D eigenvalue weighted by Crippen LogP contribution is 2.37. The fourth-order valence-corrected chi connectivity index (χ4v) is 3.14. The zero-order valence-electron chi connectivity index (χ0n) is 12.3. The lowest BCUT2D eigenvalue weighted by atomic mass is 9.81. The summed E-state index contributed by atoms with van der Waals surface area (Å²) >= 11 is 0. The summed E-state index contributed by atoms with van der Waals surface area (Å²) in [5.41, 5.74) is 5.40. The molecule has 104 valence electrons. The molecule has 0 aliphatic heterocycles. The van der Waals surface area contributed by atoms with Gasteiger partial charge in [-0.15, -0.1) is 0 Å². The Morgan fingerprint density at radius 2 is 1.90 bits per heavy atom. The lowest BCUT2D eigenvalue weighted by molar-refractivity contribution is 0.428. The second-order valence-corrected chi connectivity index (χ2v) is 5.81. The van der Waals surface area contributed by atoms with Crippen LogP contribution < -0.4 is 5.32 Å². The number of rotatable bonds is 3. The number of nitrogens with one attached hydrogen (secondary N) is 1. The average Bonchev–Trinajstić information content (AvgIpc) is 2.48. The van der Waals surface area contributed by atoms with Crippen LogP contribution in [0.1, 0.15) is 54.1 Å². The van der Waals surface area contributed by atoms with Gasteiger partial charge in [-0.05, 0) is 48.4 Å². The van der Waals surface area contributed by atoms with Crippen LogP contribution in [0.15, 0.2) is 42.6 Å². The second kappa shape index (κ2) is 5.76. The van der Waals surface area contributed by atoms with Gasteiger partial charge in [-0.2, -0.15) is 0 Å². The Kier molecular flexibility index (Phi) is 3.83. The van der Waals surface area contributed by atoms with E-state index in [2.05, 4.69) is 54.5 Å². The molecule has 1 heterocycles. The summed E-state index contributed by atoms with van der Waals surface area (Å²) in [6.07, 6.45) is 4.35. The van der Waals surface area contributed by atoms with Gasteiger partial charge in [0.1, 0.15) is 0 Å². The van der Waals surface area contributed by atoms with Crippen molar-refractivity contribution in [3.05, 3.63) is 65.0 Å². The molecule has 0 saturated carbocycles. The number of aryl methyl sites for hydroxylation is 1. The van der Waals surface area contributed by atoms with Crippen LogP contribution in [0, 0.1) is 6.92 Å². The van der Waals surface area contributed by atoms with Crippen molar-refractivity contribution in [2.45, 2.75) is 45.2 Å². The first-order valence-electron chi connectivity index (χ1n) is 7.48. The minimum atomic E-state index is 0.462. The molecular weight excluding hydrogens is 244 g/mol. The number of fused-ring (bicyclic) bond motifs is 1. The van der Waals surface area contributed by atoms with E-state index in [4.69, 9.17) is 0 Å². The van der Waals surface area contributed by atoms with E-state index in [1.165, 1.54) is 29.5 Å². The molecule has 1 aromatic heterocycles. The molecule has 0 bridgehead atoms. The Labute approximate surface area is 121 Å². The maximum atomic E-state index is 4.47. The number of nitrogens with zero attached hydrogens (tertiary/aromatic N) is 1. The van der Waals surface area contributed by atoms with E-state index < -0.39 is 0 Å². The van der Waals surface area contributed by atoms with E-state index in [0.717, 1.165) is 12.2 Å². The van der Waals surface area contributed by atoms with E-state index in [0.29, 0.717) is 12.0 Å². The number of hydrogen-bond donors (Lipinski definition) is 1. The molecule has 1 N–H and O–H groups in total. The molecule has 20 heavy (non-hydrogen) atoms. The highest BCUT2D eigenvalue weighted by Gasteiger charge is 2.23. The monoisotopic (exact) mass is 266 g/mol.